The van der Waals surface area contributed by atoms with Gasteiger partial charge in [-0.1, -0.05) is 46.5 Å². The Kier molecular flexibility index (Phi) is 8.59. The number of nitrogens with zero attached hydrogens (tertiary/aromatic N) is 1. The van der Waals surface area contributed by atoms with Crippen molar-refractivity contribution < 1.29 is 24.0 Å². The molecule has 1 heterocycles. The van der Waals surface area contributed by atoms with Crippen molar-refractivity contribution in [1.29, 1.82) is 0 Å². The molecular formula is C27H45N5O5. The first kappa shape index (κ1) is 28.9. The van der Waals surface area contributed by atoms with Crippen LogP contribution in [0, 0.1) is 23.2 Å². The van der Waals surface area contributed by atoms with Crippen molar-refractivity contribution in [3.8, 4) is 0 Å². The normalized spacial score (nSPS) is 26.4. The Hall–Kier alpha value is -2.65. The second kappa shape index (κ2) is 11.0. The maximum absolute atomic E-state index is 14.1. The SMILES string of the molecule is CCCC(NC(=O)C1[C@@H]2[C@H](CN1C(=O)C(NC(=O)NC(C)(C)C)C1CCCCC1)C2(C)C)C(=O)C(N)=O. The number of nitrogens with two attached hydrogens (primary N) is 1. The number of hydrogen-bond donors (Lipinski definition) is 4. The molecule has 5 amide bonds. The first-order valence-corrected chi connectivity index (χ1v) is 13.7. The quantitative estimate of drug-likeness (QED) is 0.343. The monoisotopic (exact) mass is 519 g/mol. The van der Waals surface area contributed by atoms with Gasteiger partial charge in [0.05, 0.1) is 6.04 Å². The average molecular weight is 520 g/mol. The number of Topliss-reactive ketones (excluding diaryl/α,β-unsaturated/α-hetero) is 1. The van der Waals surface area contributed by atoms with Crippen LogP contribution in [0.15, 0.2) is 0 Å². The zero-order valence-corrected chi connectivity index (χ0v) is 23.2. The molecule has 2 aliphatic carbocycles. The van der Waals surface area contributed by atoms with Crippen LogP contribution in [0.3, 0.4) is 0 Å². The molecule has 3 fully saturated rings. The summed E-state index contributed by atoms with van der Waals surface area (Å²) in [5.74, 6) is -2.54. The molecule has 3 rings (SSSR count). The molecule has 5 N–H and O–H groups in total. The number of rotatable bonds is 9. The molecule has 5 atom stereocenters. The Balaban J connectivity index is 1.85. The zero-order valence-electron chi connectivity index (χ0n) is 23.2. The van der Waals surface area contributed by atoms with Crippen molar-refractivity contribution >= 4 is 29.5 Å². The minimum absolute atomic E-state index is 0.00936. The highest BCUT2D eigenvalue weighted by molar-refractivity contribution is 6.37. The summed E-state index contributed by atoms with van der Waals surface area (Å²) >= 11 is 0. The molecule has 0 spiro atoms. The highest BCUT2D eigenvalue weighted by Gasteiger charge is 2.69. The summed E-state index contributed by atoms with van der Waals surface area (Å²) in [4.78, 5) is 66.0. The molecule has 10 nitrogen and oxygen atoms in total. The summed E-state index contributed by atoms with van der Waals surface area (Å²) < 4.78 is 0. The fourth-order valence-electron chi connectivity index (χ4n) is 6.34. The summed E-state index contributed by atoms with van der Waals surface area (Å²) in [5, 5.41) is 8.54. The third-order valence-corrected chi connectivity index (χ3v) is 8.38. The molecule has 3 aliphatic rings. The van der Waals surface area contributed by atoms with Crippen LogP contribution in [0.5, 0.6) is 0 Å². The maximum atomic E-state index is 14.1. The van der Waals surface area contributed by atoms with E-state index >= 15 is 0 Å². The molecule has 10 heteroatoms. The van der Waals surface area contributed by atoms with E-state index in [0.29, 0.717) is 13.0 Å². The van der Waals surface area contributed by atoms with Gasteiger partial charge in [0.15, 0.2) is 0 Å². The molecule has 0 aromatic heterocycles. The molecule has 208 valence electrons. The van der Waals surface area contributed by atoms with Crippen LogP contribution >= 0.6 is 0 Å². The van der Waals surface area contributed by atoms with Gasteiger partial charge in [-0.3, -0.25) is 19.2 Å². The van der Waals surface area contributed by atoms with Gasteiger partial charge in [0.25, 0.3) is 5.91 Å². The molecule has 3 unspecified atom stereocenters. The van der Waals surface area contributed by atoms with Gasteiger partial charge in [0, 0.05) is 12.1 Å². The number of primary amides is 1. The summed E-state index contributed by atoms with van der Waals surface area (Å²) in [6.07, 6.45) is 5.61. The number of nitrogens with one attached hydrogen (secondary N) is 3. The van der Waals surface area contributed by atoms with Gasteiger partial charge >= 0.3 is 6.03 Å². The lowest BCUT2D eigenvalue weighted by Gasteiger charge is -2.37. The molecule has 1 saturated heterocycles. The van der Waals surface area contributed by atoms with E-state index in [0.717, 1.165) is 32.1 Å². The Morgan fingerprint density at radius 1 is 1.03 bits per heavy atom. The van der Waals surface area contributed by atoms with Crippen LogP contribution in [0.4, 0.5) is 4.79 Å². The topological polar surface area (TPSA) is 151 Å². The first-order chi connectivity index (χ1) is 17.2. The molecule has 37 heavy (non-hydrogen) atoms. The largest absolute Gasteiger partial charge is 0.363 e. The standard InChI is InChI=1S/C27H45N5O5/c1-7-11-17(21(33)22(28)34)29-23(35)20-18-16(27(18,5)6)14-32(20)24(36)19(15-12-9-8-10-13-15)30-25(37)31-26(2,3)4/h15-20H,7-14H2,1-6H3,(H2,28,34)(H,29,35)(H2,30,31,37)/t16-,17?,18-,19?,20?/m0/s1. The number of hydrogen-bond acceptors (Lipinski definition) is 5. The van der Waals surface area contributed by atoms with Crippen LogP contribution in [-0.2, 0) is 19.2 Å². The van der Waals surface area contributed by atoms with E-state index in [2.05, 4.69) is 29.8 Å². The van der Waals surface area contributed by atoms with E-state index in [1.807, 2.05) is 27.7 Å². The van der Waals surface area contributed by atoms with Gasteiger partial charge in [0.1, 0.15) is 12.1 Å². The highest BCUT2D eigenvalue weighted by Crippen LogP contribution is 2.65. The Bertz CT molecular complexity index is 921. The number of urea groups is 1. The number of carbonyl (C=O) groups excluding carboxylic acids is 5. The van der Waals surface area contributed by atoms with Gasteiger partial charge in [-0.2, -0.15) is 0 Å². The van der Waals surface area contributed by atoms with Gasteiger partial charge in [0.2, 0.25) is 17.6 Å². The summed E-state index contributed by atoms with van der Waals surface area (Å²) in [7, 11) is 0. The Labute approximate surface area is 220 Å². The second-order valence-corrected chi connectivity index (χ2v) is 12.7. The van der Waals surface area contributed by atoms with Crippen molar-refractivity contribution in [2.75, 3.05) is 6.54 Å². The molecule has 1 aliphatic heterocycles. The highest BCUT2D eigenvalue weighted by atomic mass is 16.2. The molecule has 0 aromatic carbocycles. The van der Waals surface area contributed by atoms with Crippen molar-refractivity contribution in [1.82, 2.24) is 20.9 Å². The maximum Gasteiger partial charge on any atom is 0.315 e. The second-order valence-electron chi connectivity index (χ2n) is 12.7. The summed E-state index contributed by atoms with van der Waals surface area (Å²) in [6.45, 7) is 12.1. The lowest BCUT2D eigenvalue weighted by atomic mass is 9.83. The Morgan fingerprint density at radius 2 is 1.65 bits per heavy atom. The molecule has 0 aromatic rings. The van der Waals surface area contributed by atoms with E-state index in [1.165, 1.54) is 0 Å². The summed E-state index contributed by atoms with van der Waals surface area (Å²) in [6, 6.07) is -2.93. The zero-order chi connectivity index (χ0) is 27.7. The van der Waals surface area contributed by atoms with Crippen LogP contribution in [0.25, 0.3) is 0 Å². The minimum atomic E-state index is -1.09. The van der Waals surface area contributed by atoms with Crippen molar-refractivity contribution in [3.05, 3.63) is 0 Å². The van der Waals surface area contributed by atoms with E-state index in [-0.39, 0.29) is 35.5 Å². The Morgan fingerprint density at radius 3 is 2.19 bits per heavy atom. The molecule has 0 radical (unpaired) electrons. The van der Waals surface area contributed by atoms with Gasteiger partial charge in [-0.05, 0) is 63.2 Å². The average Bonchev–Trinajstić information content (AvgIpc) is 3.14. The van der Waals surface area contributed by atoms with E-state index < -0.39 is 47.3 Å². The molecule has 2 saturated carbocycles. The van der Waals surface area contributed by atoms with Crippen LogP contribution in [0.2, 0.25) is 0 Å². The summed E-state index contributed by atoms with van der Waals surface area (Å²) in [5.41, 5.74) is 4.63. The third kappa shape index (κ3) is 6.44. The van der Waals surface area contributed by atoms with E-state index in [1.54, 1.807) is 4.90 Å². The smallest absolute Gasteiger partial charge is 0.315 e. The number of ketones is 1. The number of fused-ring (bicyclic) bond motifs is 1. The molecule has 0 bridgehead atoms. The number of piperidine rings is 1. The lowest BCUT2D eigenvalue weighted by molar-refractivity contribution is -0.144. The van der Waals surface area contributed by atoms with E-state index in [9.17, 15) is 24.0 Å². The third-order valence-electron chi connectivity index (χ3n) is 8.38. The van der Waals surface area contributed by atoms with Crippen molar-refractivity contribution in [2.24, 2.45) is 28.9 Å². The fraction of sp³-hybridized carbons (Fsp3) is 0.815. The fourth-order valence-corrected chi connectivity index (χ4v) is 6.34. The van der Waals surface area contributed by atoms with Gasteiger partial charge < -0.3 is 26.6 Å². The number of likely N-dealkylation sites (tertiary alicyclic amines) is 1. The number of carbonyl (C=O) groups is 5. The van der Waals surface area contributed by atoms with Crippen LogP contribution in [-0.4, -0.2) is 64.6 Å². The predicted octanol–water partition coefficient (Wildman–Crippen LogP) is 1.86. The van der Waals surface area contributed by atoms with Crippen LogP contribution in [0.1, 0.15) is 86.5 Å². The minimum Gasteiger partial charge on any atom is -0.363 e. The van der Waals surface area contributed by atoms with Crippen molar-refractivity contribution in [2.45, 2.75) is 110 Å². The number of amides is 5. The predicted molar refractivity (Wildman–Crippen MR) is 139 cm³/mol. The van der Waals surface area contributed by atoms with Gasteiger partial charge in [-0.15, -0.1) is 0 Å². The van der Waals surface area contributed by atoms with Crippen LogP contribution < -0.4 is 21.7 Å². The van der Waals surface area contributed by atoms with E-state index in [4.69, 9.17) is 5.73 Å². The van der Waals surface area contributed by atoms with Crippen molar-refractivity contribution in [3.63, 3.8) is 0 Å². The van der Waals surface area contributed by atoms with Gasteiger partial charge in [-0.25, -0.2) is 4.79 Å². The molecular weight excluding hydrogens is 474 g/mol. The lowest BCUT2D eigenvalue weighted by Crippen LogP contribution is -2.61. The first-order valence-electron chi connectivity index (χ1n) is 13.7.